The van der Waals surface area contributed by atoms with Crippen LogP contribution in [0, 0.1) is 0 Å². The fourth-order valence-electron chi connectivity index (χ4n) is 2.82. The van der Waals surface area contributed by atoms with Crippen molar-refractivity contribution in [2.24, 2.45) is 0 Å². The zero-order valence-electron chi connectivity index (χ0n) is 12.5. The Balaban J connectivity index is 1.81. The minimum Gasteiger partial charge on any atom is -0.350 e. The standard InChI is InChI=1S/C18H23NO2/c1-2-9-19-17(13-18-20-10-11-21-18)16-8-7-14-5-3-4-6-15(14)12-16/h3-8,12,17-19H,2,9-11,13H2,1H3. The molecule has 1 heterocycles. The summed E-state index contributed by atoms with van der Waals surface area (Å²) in [6.45, 7) is 4.61. The van der Waals surface area contributed by atoms with Gasteiger partial charge in [-0.15, -0.1) is 0 Å². The first-order valence-corrected chi connectivity index (χ1v) is 7.82. The third-order valence-corrected chi connectivity index (χ3v) is 3.94. The molecule has 0 bridgehead atoms. The van der Waals surface area contributed by atoms with E-state index in [9.17, 15) is 0 Å². The summed E-state index contributed by atoms with van der Waals surface area (Å²) in [5, 5.41) is 6.18. The lowest BCUT2D eigenvalue weighted by molar-refractivity contribution is -0.0530. The van der Waals surface area contributed by atoms with Gasteiger partial charge in [-0.2, -0.15) is 0 Å². The first kappa shape index (κ1) is 14.5. The molecule has 0 amide bonds. The van der Waals surface area contributed by atoms with Gasteiger partial charge in [0.1, 0.15) is 0 Å². The van der Waals surface area contributed by atoms with Gasteiger partial charge in [0, 0.05) is 12.5 Å². The molecule has 0 aliphatic carbocycles. The lowest BCUT2D eigenvalue weighted by Crippen LogP contribution is -2.26. The van der Waals surface area contributed by atoms with Crippen molar-refractivity contribution in [3.8, 4) is 0 Å². The maximum absolute atomic E-state index is 5.61. The van der Waals surface area contributed by atoms with Gasteiger partial charge in [-0.25, -0.2) is 0 Å². The summed E-state index contributed by atoms with van der Waals surface area (Å²) in [7, 11) is 0. The molecule has 1 N–H and O–H groups in total. The lowest BCUT2D eigenvalue weighted by atomic mass is 9.99. The van der Waals surface area contributed by atoms with E-state index in [1.54, 1.807) is 0 Å². The van der Waals surface area contributed by atoms with Crippen molar-refractivity contribution in [2.75, 3.05) is 19.8 Å². The maximum Gasteiger partial charge on any atom is 0.159 e. The molecular weight excluding hydrogens is 262 g/mol. The van der Waals surface area contributed by atoms with E-state index in [1.165, 1.54) is 16.3 Å². The van der Waals surface area contributed by atoms with Crippen LogP contribution in [-0.4, -0.2) is 26.0 Å². The molecule has 2 aromatic carbocycles. The molecule has 3 heteroatoms. The summed E-state index contributed by atoms with van der Waals surface area (Å²) < 4.78 is 11.2. The predicted molar refractivity (Wildman–Crippen MR) is 85.3 cm³/mol. The van der Waals surface area contributed by atoms with E-state index in [2.05, 4.69) is 54.7 Å². The molecule has 1 fully saturated rings. The van der Waals surface area contributed by atoms with Gasteiger partial charge >= 0.3 is 0 Å². The van der Waals surface area contributed by atoms with Crippen molar-refractivity contribution in [2.45, 2.75) is 32.1 Å². The Kier molecular flexibility index (Phi) is 4.86. The van der Waals surface area contributed by atoms with Gasteiger partial charge in [-0.1, -0.05) is 43.3 Å². The molecular formula is C18H23NO2. The van der Waals surface area contributed by atoms with E-state index in [0.29, 0.717) is 13.2 Å². The molecule has 0 aromatic heterocycles. The molecule has 112 valence electrons. The highest BCUT2D eigenvalue weighted by Crippen LogP contribution is 2.25. The highest BCUT2D eigenvalue weighted by Gasteiger charge is 2.22. The van der Waals surface area contributed by atoms with Crippen molar-refractivity contribution in [1.29, 1.82) is 0 Å². The van der Waals surface area contributed by atoms with Crippen LogP contribution in [0.15, 0.2) is 42.5 Å². The Morgan fingerprint density at radius 3 is 2.62 bits per heavy atom. The highest BCUT2D eigenvalue weighted by molar-refractivity contribution is 5.83. The van der Waals surface area contributed by atoms with Crippen molar-refractivity contribution in [1.82, 2.24) is 5.32 Å². The molecule has 1 atom stereocenters. The van der Waals surface area contributed by atoms with Crippen molar-refractivity contribution in [3.05, 3.63) is 48.0 Å². The quantitative estimate of drug-likeness (QED) is 0.879. The van der Waals surface area contributed by atoms with E-state index in [-0.39, 0.29) is 12.3 Å². The third-order valence-electron chi connectivity index (χ3n) is 3.94. The van der Waals surface area contributed by atoms with Crippen LogP contribution < -0.4 is 5.32 Å². The first-order chi connectivity index (χ1) is 10.4. The second-order valence-electron chi connectivity index (χ2n) is 5.52. The Morgan fingerprint density at radius 1 is 1.10 bits per heavy atom. The smallest absolute Gasteiger partial charge is 0.159 e. The zero-order valence-corrected chi connectivity index (χ0v) is 12.5. The SMILES string of the molecule is CCCNC(CC1OCCO1)c1ccc2ccccc2c1. The van der Waals surface area contributed by atoms with Crippen LogP contribution in [0.4, 0.5) is 0 Å². The van der Waals surface area contributed by atoms with Crippen molar-refractivity contribution < 1.29 is 9.47 Å². The van der Waals surface area contributed by atoms with Crippen molar-refractivity contribution in [3.63, 3.8) is 0 Å². The Bertz CT molecular complexity index is 578. The molecule has 21 heavy (non-hydrogen) atoms. The number of fused-ring (bicyclic) bond motifs is 1. The van der Waals surface area contributed by atoms with E-state index in [1.807, 2.05) is 0 Å². The number of hydrogen-bond acceptors (Lipinski definition) is 3. The molecule has 0 saturated carbocycles. The van der Waals surface area contributed by atoms with Gasteiger partial charge in [0.2, 0.25) is 0 Å². The van der Waals surface area contributed by atoms with Crippen molar-refractivity contribution >= 4 is 10.8 Å². The molecule has 3 rings (SSSR count). The minimum absolute atomic E-state index is 0.0779. The Hall–Kier alpha value is -1.42. The highest BCUT2D eigenvalue weighted by atomic mass is 16.7. The summed E-state index contributed by atoms with van der Waals surface area (Å²) in [5.41, 5.74) is 1.31. The summed E-state index contributed by atoms with van der Waals surface area (Å²) >= 11 is 0. The molecule has 1 unspecified atom stereocenters. The van der Waals surface area contributed by atoms with Crippen LogP contribution in [0.25, 0.3) is 10.8 Å². The van der Waals surface area contributed by atoms with Crippen LogP contribution in [0.5, 0.6) is 0 Å². The van der Waals surface area contributed by atoms with Crippen LogP contribution in [-0.2, 0) is 9.47 Å². The van der Waals surface area contributed by atoms with E-state index < -0.39 is 0 Å². The zero-order chi connectivity index (χ0) is 14.5. The number of ether oxygens (including phenoxy) is 2. The maximum atomic E-state index is 5.61. The number of nitrogens with one attached hydrogen (secondary N) is 1. The van der Waals surface area contributed by atoms with E-state index >= 15 is 0 Å². The van der Waals surface area contributed by atoms with Crippen LogP contribution in [0.2, 0.25) is 0 Å². The fraction of sp³-hybridized carbons (Fsp3) is 0.444. The summed E-state index contributed by atoms with van der Waals surface area (Å²) in [4.78, 5) is 0. The lowest BCUT2D eigenvalue weighted by Gasteiger charge is -2.22. The second kappa shape index (κ2) is 7.03. The van der Waals surface area contributed by atoms with Crippen LogP contribution in [0.3, 0.4) is 0 Å². The minimum atomic E-state index is -0.0779. The van der Waals surface area contributed by atoms with Gasteiger partial charge < -0.3 is 14.8 Å². The third kappa shape index (κ3) is 3.62. The topological polar surface area (TPSA) is 30.5 Å². The number of rotatable bonds is 6. The Morgan fingerprint density at radius 2 is 1.86 bits per heavy atom. The molecule has 3 nitrogen and oxygen atoms in total. The van der Waals surface area contributed by atoms with Gasteiger partial charge in [-0.3, -0.25) is 0 Å². The average Bonchev–Trinajstić information content (AvgIpc) is 3.04. The molecule has 1 aliphatic rings. The van der Waals surface area contributed by atoms with Gasteiger partial charge in [0.05, 0.1) is 13.2 Å². The summed E-state index contributed by atoms with van der Waals surface area (Å²) in [6, 6.07) is 15.4. The molecule has 0 radical (unpaired) electrons. The largest absolute Gasteiger partial charge is 0.350 e. The normalized spacial score (nSPS) is 17.4. The monoisotopic (exact) mass is 285 g/mol. The number of hydrogen-bond donors (Lipinski definition) is 1. The molecule has 2 aromatic rings. The van der Waals surface area contributed by atoms with E-state index in [4.69, 9.17) is 9.47 Å². The first-order valence-electron chi connectivity index (χ1n) is 7.82. The van der Waals surface area contributed by atoms with Crippen LogP contribution in [0.1, 0.15) is 31.4 Å². The van der Waals surface area contributed by atoms with Gasteiger partial charge in [0.25, 0.3) is 0 Å². The Labute approximate surface area is 126 Å². The fourth-order valence-corrected chi connectivity index (χ4v) is 2.82. The molecule has 1 saturated heterocycles. The number of benzene rings is 2. The van der Waals surface area contributed by atoms with Gasteiger partial charge in [0.15, 0.2) is 6.29 Å². The van der Waals surface area contributed by atoms with Gasteiger partial charge in [-0.05, 0) is 35.4 Å². The predicted octanol–water partition coefficient (Wildman–Crippen LogP) is 3.64. The van der Waals surface area contributed by atoms with E-state index in [0.717, 1.165) is 19.4 Å². The summed E-state index contributed by atoms with van der Waals surface area (Å²) in [5.74, 6) is 0. The second-order valence-corrected chi connectivity index (χ2v) is 5.52. The molecule has 1 aliphatic heterocycles. The van der Waals surface area contributed by atoms with Crippen LogP contribution >= 0.6 is 0 Å². The molecule has 0 spiro atoms. The summed E-state index contributed by atoms with van der Waals surface area (Å²) in [6.07, 6.45) is 1.90. The average molecular weight is 285 g/mol.